The molecule has 0 aromatic heterocycles. The van der Waals surface area contributed by atoms with Crippen LogP contribution in [-0.2, 0) is 9.59 Å². The Morgan fingerprint density at radius 2 is 1.75 bits per heavy atom. The third-order valence-electron chi connectivity index (χ3n) is 1.53. The van der Waals surface area contributed by atoms with Crippen LogP contribution in [0.15, 0.2) is 10.8 Å². The van der Waals surface area contributed by atoms with Crippen LogP contribution in [0.1, 0.15) is 19.8 Å². The lowest BCUT2D eigenvalue weighted by Crippen LogP contribution is -2.11. The molecule has 0 atom stereocenters. The Labute approximate surface area is 73.3 Å². The van der Waals surface area contributed by atoms with Crippen LogP contribution >= 0.6 is 0 Å². The Morgan fingerprint density at radius 3 is 2.00 bits per heavy atom. The second-order valence-corrected chi connectivity index (χ2v) is 3.46. The quantitative estimate of drug-likeness (QED) is 0.464. The van der Waals surface area contributed by atoms with Crippen molar-refractivity contribution < 1.29 is 19.8 Å². The van der Waals surface area contributed by atoms with Crippen molar-refractivity contribution in [2.24, 2.45) is 0 Å². The zero-order chi connectivity index (χ0) is 9.72. The minimum Gasteiger partial charge on any atom is -0.478 e. The highest BCUT2D eigenvalue weighted by molar-refractivity contribution is 6.37. The lowest BCUT2D eigenvalue weighted by molar-refractivity contribution is -0.135. The molecule has 0 aliphatic heterocycles. The molecule has 0 aromatic carbocycles. The fraction of sp³-hybridized carbons (Fsp3) is 0.429. The van der Waals surface area contributed by atoms with Gasteiger partial charge in [-0.15, -0.1) is 0 Å². The molecule has 4 nitrogen and oxygen atoms in total. The molecule has 0 heterocycles. The summed E-state index contributed by atoms with van der Waals surface area (Å²) in [5, 5.41) is 17.2. The molecule has 0 unspecified atom stereocenters. The number of carbonyl (C=O) groups is 2. The van der Waals surface area contributed by atoms with Crippen molar-refractivity contribution in [1.29, 1.82) is 0 Å². The van der Waals surface area contributed by atoms with E-state index in [1.807, 2.05) is 6.92 Å². The van der Waals surface area contributed by atoms with Gasteiger partial charge in [0.2, 0.25) is 0 Å². The molecule has 2 N–H and O–H groups in total. The van der Waals surface area contributed by atoms with E-state index in [9.17, 15) is 9.59 Å². The van der Waals surface area contributed by atoms with Crippen LogP contribution in [-0.4, -0.2) is 32.4 Å². The number of hydrogen-bond acceptors (Lipinski definition) is 2. The summed E-state index contributed by atoms with van der Waals surface area (Å²) in [6.45, 7) is 1.82. The normalized spacial score (nSPS) is 12.4. The molecule has 0 aromatic rings. The first-order valence-corrected chi connectivity index (χ1v) is 4.67. The van der Waals surface area contributed by atoms with Crippen LogP contribution in [0.2, 0.25) is 0 Å². The summed E-state index contributed by atoms with van der Waals surface area (Å²) in [4.78, 5) is 21.0. The highest BCUT2D eigenvalue weighted by Crippen LogP contribution is 2.09. The van der Waals surface area contributed by atoms with Crippen molar-refractivity contribution in [3.05, 3.63) is 10.8 Å². The van der Waals surface area contributed by atoms with E-state index in [4.69, 9.17) is 10.2 Å². The second-order valence-electron chi connectivity index (χ2n) is 2.46. The van der Waals surface area contributed by atoms with Gasteiger partial charge in [0.05, 0.1) is 0 Å². The summed E-state index contributed by atoms with van der Waals surface area (Å²) in [6.07, 6.45) is 0.987. The fourth-order valence-electron chi connectivity index (χ4n) is 0.834. The number of aliphatic carboxylic acids is 2. The largest absolute Gasteiger partial charge is 0.478 e. The van der Waals surface area contributed by atoms with Gasteiger partial charge in [0.15, 0.2) is 0 Å². The lowest BCUT2D eigenvalue weighted by Gasteiger charge is -2.02. The highest BCUT2D eigenvalue weighted by Gasteiger charge is 2.14. The first-order chi connectivity index (χ1) is 5.50. The SMILES string of the molecule is CCC/C(C(=O)O)=C(\[SiH3])C(=O)O. The summed E-state index contributed by atoms with van der Waals surface area (Å²) in [5.74, 6) is -2.21. The Bertz CT molecular complexity index is 232. The highest BCUT2D eigenvalue weighted by atomic mass is 28.1. The van der Waals surface area contributed by atoms with Gasteiger partial charge in [-0.2, -0.15) is 0 Å². The molecule has 0 fully saturated rings. The Morgan fingerprint density at radius 1 is 1.25 bits per heavy atom. The Kier molecular flexibility index (Phi) is 4.28. The zero-order valence-electron chi connectivity index (χ0n) is 7.13. The smallest absolute Gasteiger partial charge is 0.331 e. The minimum absolute atomic E-state index is 0.0525. The third kappa shape index (κ3) is 2.87. The van der Waals surface area contributed by atoms with Crippen LogP contribution < -0.4 is 0 Å². The number of carboxylic acid groups (broad SMARTS) is 2. The maximum Gasteiger partial charge on any atom is 0.331 e. The fourth-order valence-corrected chi connectivity index (χ4v) is 1.30. The van der Waals surface area contributed by atoms with Gasteiger partial charge >= 0.3 is 11.9 Å². The Hall–Kier alpha value is -1.10. The zero-order valence-corrected chi connectivity index (χ0v) is 9.13. The average molecular weight is 188 g/mol. The second kappa shape index (κ2) is 4.71. The summed E-state index contributed by atoms with van der Waals surface area (Å²) in [5.41, 5.74) is 0.0525. The van der Waals surface area contributed by atoms with Crippen molar-refractivity contribution in [3.8, 4) is 0 Å². The minimum atomic E-state index is -1.11. The van der Waals surface area contributed by atoms with Gasteiger partial charge in [-0.3, -0.25) is 0 Å². The molecular weight excluding hydrogens is 176 g/mol. The lowest BCUT2D eigenvalue weighted by atomic mass is 10.1. The first kappa shape index (κ1) is 10.9. The molecule has 5 heteroatoms. The number of carboxylic acids is 2. The molecule has 12 heavy (non-hydrogen) atoms. The summed E-state index contributed by atoms with van der Waals surface area (Å²) >= 11 is 0. The van der Waals surface area contributed by atoms with E-state index in [-0.39, 0.29) is 21.0 Å². The van der Waals surface area contributed by atoms with Crippen LogP contribution in [0.3, 0.4) is 0 Å². The van der Waals surface area contributed by atoms with E-state index in [1.165, 1.54) is 0 Å². The molecule has 0 aliphatic rings. The number of rotatable bonds is 4. The average Bonchev–Trinajstić information content (AvgIpc) is 1.98. The summed E-state index contributed by atoms with van der Waals surface area (Å²) in [7, 11) is 0.268. The van der Waals surface area contributed by atoms with Crippen molar-refractivity contribution in [1.82, 2.24) is 0 Å². The molecule has 0 spiro atoms. The van der Waals surface area contributed by atoms with Gasteiger partial charge in [-0.1, -0.05) is 13.3 Å². The van der Waals surface area contributed by atoms with Crippen molar-refractivity contribution in [2.75, 3.05) is 0 Å². The van der Waals surface area contributed by atoms with Crippen LogP contribution in [0.25, 0.3) is 0 Å². The van der Waals surface area contributed by atoms with Crippen LogP contribution in [0.5, 0.6) is 0 Å². The van der Waals surface area contributed by atoms with Crippen molar-refractivity contribution in [2.45, 2.75) is 19.8 Å². The third-order valence-corrected chi connectivity index (χ3v) is 2.56. The summed E-state index contributed by atoms with van der Waals surface area (Å²) < 4.78 is 0. The first-order valence-electron chi connectivity index (χ1n) is 3.67. The molecule has 0 saturated heterocycles. The van der Waals surface area contributed by atoms with Gasteiger partial charge in [-0.25, -0.2) is 9.59 Å². The maximum atomic E-state index is 10.5. The molecule has 0 radical (unpaired) electrons. The molecule has 0 aliphatic carbocycles. The van der Waals surface area contributed by atoms with Gasteiger partial charge in [0, 0.05) is 21.0 Å². The monoisotopic (exact) mass is 188 g/mol. The number of hydrogen-bond donors (Lipinski definition) is 2. The summed E-state index contributed by atoms with van der Waals surface area (Å²) in [6, 6.07) is 0. The predicted octanol–water partition coefficient (Wildman–Crippen LogP) is -0.425. The van der Waals surface area contributed by atoms with Gasteiger partial charge in [-0.05, 0) is 6.42 Å². The van der Waals surface area contributed by atoms with Gasteiger partial charge in [0.1, 0.15) is 0 Å². The van der Waals surface area contributed by atoms with E-state index >= 15 is 0 Å². The molecule has 0 bridgehead atoms. The van der Waals surface area contributed by atoms with Gasteiger partial charge < -0.3 is 10.2 Å². The van der Waals surface area contributed by atoms with Gasteiger partial charge in [0.25, 0.3) is 0 Å². The van der Waals surface area contributed by atoms with E-state index in [0.717, 1.165) is 0 Å². The van der Waals surface area contributed by atoms with Crippen molar-refractivity contribution >= 4 is 22.2 Å². The van der Waals surface area contributed by atoms with E-state index in [0.29, 0.717) is 12.8 Å². The molecule has 0 amide bonds. The standard InChI is InChI=1S/C7H12O4Si/c1-2-3-4(6(8)9)5(12)7(10)11/h2-3H2,1,12H3,(H,8,9)(H,10,11)/b5-4+. The van der Waals surface area contributed by atoms with E-state index in [2.05, 4.69) is 0 Å². The van der Waals surface area contributed by atoms with E-state index < -0.39 is 11.9 Å². The molecule has 0 rings (SSSR count). The van der Waals surface area contributed by atoms with Crippen molar-refractivity contribution in [3.63, 3.8) is 0 Å². The van der Waals surface area contributed by atoms with Crippen LogP contribution in [0.4, 0.5) is 0 Å². The predicted molar refractivity (Wildman–Crippen MR) is 47.1 cm³/mol. The topological polar surface area (TPSA) is 74.6 Å². The van der Waals surface area contributed by atoms with Crippen LogP contribution in [0, 0.1) is 0 Å². The Balaban J connectivity index is 4.80. The molecule has 0 saturated carbocycles. The molecule has 68 valence electrons. The van der Waals surface area contributed by atoms with E-state index in [1.54, 1.807) is 0 Å². The molecular formula is C7H12O4Si. The maximum absolute atomic E-state index is 10.5.